The highest BCUT2D eigenvalue weighted by atomic mass is 35.5. The van der Waals surface area contributed by atoms with Gasteiger partial charge < -0.3 is 20.1 Å². The van der Waals surface area contributed by atoms with Gasteiger partial charge in [-0.05, 0) is 25.7 Å². The van der Waals surface area contributed by atoms with E-state index in [9.17, 15) is 14.3 Å². The van der Waals surface area contributed by atoms with Crippen LogP contribution in [0.15, 0.2) is 24.8 Å². The van der Waals surface area contributed by atoms with E-state index in [1.165, 1.54) is 6.20 Å². The topological polar surface area (TPSA) is 120 Å². The van der Waals surface area contributed by atoms with Gasteiger partial charge >= 0.3 is 0 Å². The molecule has 0 aliphatic heterocycles. The lowest BCUT2D eigenvalue weighted by Gasteiger charge is -2.17. The van der Waals surface area contributed by atoms with Crippen molar-refractivity contribution < 1.29 is 18.7 Å². The van der Waals surface area contributed by atoms with E-state index in [-0.39, 0.29) is 29.0 Å². The summed E-state index contributed by atoms with van der Waals surface area (Å²) in [5.74, 6) is -1.41. The van der Waals surface area contributed by atoms with Crippen LogP contribution in [0.4, 0.5) is 20.3 Å². The number of nitrogens with zero attached hydrogens (tertiary/aromatic N) is 4. The number of rotatable bonds is 5. The molecule has 0 saturated heterocycles. The molecule has 3 heterocycles. The van der Waals surface area contributed by atoms with Crippen molar-refractivity contribution >= 4 is 45.6 Å². The Labute approximate surface area is 196 Å². The monoisotopic (exact) mass is 487 g/mol. The van der Waals surface area contributed by atoms with E-state index in [1.807, 2.05) is 0 Å². The van der Waals surface area contributed by atoms with Gasteiger partial charge in [0.15, 0.2) is 17.3 Å². The van der Waals surface area contributed by atoms with Gasteiger partial charge in [0.05, 0.1) is 52.5 Å². The second-order valence-corrected chi connectivity index (χ2v) is 9.23. The Morgan fingerprint density at radius 3 is 2.82 bits per heavy atom. The highest BCUT2D eigenvalue weighted by Crippen LogP contribution is 2.41. The molecular weight excluding hydrogens is 468 g/mol. The molecule has 9 nitrogen and oxygen atoms in total. The number of benzene rings is 1. The van der Waals surface area contributed by atoms with Gasteiger partial charge in [-0.15, -0.1) is 0 Å². The quantitative estimate of drug-likeness (QED) is 0.341. The Morgan fingerprint density at radius 1 is 1.26 bits per heavy atom. The average molecular weight is 488 g/mol. The molecule has 1 aromatic carbocycles. The zero-order chi connectivity index (χ0) is 23.6. The van der Waals surface area contributed by atoms with Gasteiger partial charge in [-0.1, -0.05) is 11.6 Å². The van der Waals surface area contributed by atoms with Crippen molar-refractivity contribution in [2.24, 2.45) is 5.92 Å². The minimum atomic E-state index is -1.10. The summed E-state index contributed by atoms with van der Waals surface area (Å²) in [7, 11) is 0. The van der Waals surface area contributed by atoms with Crippen molar-refractivity contribution in [3.8, 4) is 11.3 Å². The van der Waals surface area contributed by atoms with Crippen LogP contribution in [0.2, 0.25) is 5.02 Å². The molecule has 2 fully saturated rings. The molecule has 3 aromatic heterocycles. The Morgan fingerprint density at radius 2 is 2.09 bits per heavy atom. The number of nitrogens with one attached hydrogen (secondary N) is 3. The number of hydrogen-bond acceptors (Lipinski definition) is 6. The van der Waals surface area contributed by atoms with Crippen molar-refractivity contribution in [2.75, 3.05) is 10.6 Å². The van der Waals surface area contributed by atoms with Crippen LogP contribution in [-0.4, -0.2) is 53.9 Å². The maximum Gasteiger partial charge on any atom is 0.231 e. The fourth-order valence-electron chi connectivity index (χ4n) is 4.54. The lowest BCUT2D eigenvalue weighted by Crippen LogP contribution is -2.18. The van der Waals surface area contributed by atoms with Crippen LogP contribution in [0.3, 0.4) is 0 Å². The van der Waals surface area contributed by atoms with E-state index in [2.05, 4.69) is 30.8 Å². The molecule has 4 N–H and O–H groups in total. The smallest absolute Gasteiger partial charge is 0.231 e. The Bertz CT molecular complexity index is 1440. The highest BCUT2D eigenvalue weighted by Gasteiger charge is 2.43. The van der Waals surface area contributed by atoms with Crippen LogP contribution >= 0.6 is 11.6 Å². The minimum Gasteiger partial charge on any atom is -0.393 e. The first-order valence-corrected chi connectivity index (χ1v) is 11.4. The lowest BCUT2D eigenvalue weighted by molar-refractivity contribution is -0.117. The van der Waals surface area contributed by atoms with Crippen LogP contribution in [0, 0.1) is 11.7 Å². The molecule has 2 saturated carbocycles. The summed E-state index contributed by atoms with van der Waals surface area (Å²) >= 11 is 6.50. The zero-order valence-corrected chi connectivity index (χ0v) is 18.5. The summed E-state index contributed by atoms with van der Waals surface area (Å²) in [6.45, 7) is 0. The van der Waals surface area contributed by atoms with Gasteiger partial charge in [0.2, 0.25) is 5.91 Å². The maximum atomic E-state index is 15.5. The van der Waals surface area contributed by atoms with Gasteiger partial charge in [-0.2, -0.15) is 5.10 Å². The molecule has 0 spiro atoms. The molecule has 176 valence electrons. The molecule has 34 heavy (non-hydrogen) atoms. The van der Waals surface area contributed by atoms with Gasteiger partial charge in [0.1, 0.15) is 6.17 Å². The van der Waals surface area contributed by atoms with Gasteiger partial charge in [-0.25, -0.2) is 13.8 Å². The number of aromatic amines is 1. The second-order valence-electron chi connectivity index (χ2n) is 8.86. The number of carbonyl (C=O) groups is 1. The summed E-state index contributed by atoms with van der Waals surface area (Å²) in [5.41, 5.74) is 1.85. The molecule has 2 aliphatic rings. The number of alkyl halides is 1. The largest absolute Gasteiger partial charge is 0.393 e. The summed E-state index contributed by atoms with van der Waals surface area (Å²) in [6.07, 6.45) is 6.86. The molecule has 0 radical (unpaired) electrons. The summed E-state index contributed by atoms with van der Waals surface area (Å²) in [6, 6.07) is -0.0738. The van der Waals surface area contributed by atoms with Crippen LogP contribution in [0.5, 0.6) is 0 Å². The zero-order valence-electron chi connectivity index (χ0n) is 17.7. The van der Waals surface area contributed by atoms with Crippen molar-refractivity contribution in [3.05, 3.63) is 35.6 Å². The number of H-pyrrole nitrogens is 1. The first-order valence-electron chi connectivity index (χ1n) is 11.0. The van der Waals surface area contributed by atoms with E-state index >= 15 is 4.39 Å². The fraction of sp³-hybridized carbons (Fsp3) is 0.364. The molecule has 2 aliphatic carbocycles. The van der Waals surface area contributed by atoms with Gasteiger partial charge in [0.25, 0.3) is 0 Å². The molecule has 12 heteroatoms. The predicted molar refractivity (Wildman–Crippen MR) is 122 cm³/mol. The molecule has 4 atom stereocenters. The number of aliphatic hydroxyl groups is 1. The standard InChI is InChI=1S/C22H20ClF2N7O2/c23-18-17(12-5-27-31-20(12)21(19(18)25)28-9-1-2-10(33)3-9)14-7-32-8-15(29-16(32)6-26-14)30-22(34)11-4-13(11)24/h5-11,13,28,33H,1-4H2,(H,27,31)(H,30,34)/t9?,10-,11+,13-/m0/s1. The van der Waals surface area contributed by atoms with Crippen LogP contribution in [-0.2, 0) is 4.79 Å². The van der Waals surface area contributed by atoms with Gasteiger partial charge in [-0.3, -0.25) is 14.9 Å². The Hall–Kier alpha value is -3.31. The normalized spacial score (nSPS) is 24.1. The number of aromatic nitrogens is 5. The number of aliphatic hydroxyl groups excluding tert-OH is 1. The Kier molecular flexibility index (Phi) is 4.92. The predicted octanol–water partition coefficient (Wildman–Crippen LogP) is 3.69. The van der Waals surface area contributed by atoms with Gasteiger partial charge in [0, 0.05) is 23.2 Å². The van der Waals surface area contributed by atoms with E-state index in [0.29, 0.717) is 40.6 Å². The molecular formula is C22H20ClF2N7O2. The Balaban J connectivity index is 1.37. The second kappa shape index (κ2) is 7.88. The van der Waals surface area contributed by atoms with E-state index < -0.39 is 29.9 Å². The number of carbonyl (C=O) groups excluding carboxylic acids is 1. The van der Waals surface area contributed by atoms with Crippen LogP contribution in [0.1, 0.15) is 25.7 Å². The van der Waals surface area contributed by atoms with Crippen LogP contribution < -0.4 is 10.6 Å². The third-order valence-electron chi connectivity index (χ3n) is 6.44. The third-order valence-corrected chi connectivity index (χ3v) is 6.80. The summed E-state index contributed by atoms with van der Waals surface area (Å²) in [5, 5.41) is 23.0. The van der Waals surface area contributed by atoms with E-state index in [4.69, 9.17) is 11.6 Å². The lowest BCUT2D eigenvalue weighted by atomic mass is 10.0. The summed E-state index contributed by atoms with van der Waals surface area (Å²) < 4.78 is 30.2. The van der Waals surface area contributed by atoms with Crippen molar-refractivity contribution in [1.82, 2.24) is 24.6 Å². The van der Waals surface area contributed by atoms with Crippen molar-refractivity contribution in [1.29, 1.82) is 0 Å². The molecule has 1 unspecified atom stereocenters. The molecule has 4 aromatic rings. The molecule has 1 amide bonds. The number of halogens is 3. The first kappa shape index (κ1) is 21.2. The fourth-order valence-corrected chi connectivity index (χ4v) is 4.83. The molecule has 6 rings (SSSR count). The number of fused-ring (bicyclic) bond motifs is 2. The molecule has 0 bridgehead atoms. The number of hydrogen-bond donors (Lipinski definition) is 4. The highest BCUT2D eigenvalue weighted by molar-refractivity contribution is 6.35. The van der Waals surface area contributed by atoms with E-state index in [0.717, 1.165) is 6.42 Å². The number of amides is 1. The summed E-state index contributed by atoms with van der Waals surface area (Å²) in [4.78, 5) is 20.7. The number of imidazole rings is 1. The van der Waals surface area contributed by atoms with Crippen molar-refractivity contribution in [3.63, 3.8) is 0 Å². The average Bonchev–Trinajstić information content (AvgIpc) is 3.17. The van der Waals surface area contributed by atoms with E-state index in [1.54, 1.807) is 23.0 Å². The van der Waals surface area contributed by atoms with Crippen LogP contribution in [0.25, 0.3) is 27.8 Å². The first-order chi connectivity index (χ1) is 16.4. The maximum absolute atomic E-state index is 15.5. The SMILES string of the molecule is O=C(Nc1cn2cc(-c3c(Cl)c(F)c(NC4CC[C@H](O)C4)c4[nH]ncc34)ncc2n1)[C@@H]1C[C@@H]1F. The minimum absolute atomic E-state index is 0.0738. The van der Waals surface area contributed by atoms with Crippen molar-refractivity contribution in [2.45, 2.75) is 44.0 Å². The number of anilines is 2. The third kappa shape index (κ3) is 3.55.